The third kappa shape index (κ3) is 10.4. The topological polar surface area (TPSA) is 34.7 Å². The highest BCUT2D eigenvalue weighted by atomic mass is 19.4. The van der Waals surface area contributed by atoms with Crippen molar-refractivity contribution in [3.05, 3.63) is 47.5 Å². The molecule has 292 valence electrons. The van der Waals surface area contributed by atoms with E-state index < -0.39 is 47.8 Å². The molecule has 1 aromatic rings. The molecule has 0 amide bonds. The van der Waals surface area contributed by atoms with Crippen molar-refractivity contribution in [3.63, 3.8) is 0 Å². The molecule has 3 heterocycles. The van der Waals surface area contributed by atoms with Crippen molar-refractivity contribution in [1.82, 2.24) is 24.5 Å². The van der Waals surface area contributed by atoms with Crippen LogP contribution in [0, 0.1) is 0 Å². The van der Waals surface area contributed by atoms with Crippen molar-refractivity contribution in [2.75, 3.05) is 91.6 Å². The van der Waals surface area contributed by atoms with Crippen molar-refractivity contribution in [1.29, 1.82) is 0 Å². The normalized spacial score (nSPS) is 26.6. The molecular weight excluding hydrogens is 721 g/mol. The lowest BCUT2D eigenvalue weighted by atomic mass is 10.0. The lowest BCUT2D eigenvalue weighted by Crippen LogP contribution is -2.62. The quantitative estimate of drug-likeness (QED) is 0.211. The molecule has 3 aliphatic rings. The van der Waals surface area contributed by atoms with Crippen LogP contribution in [0.1, 0.15) is 30.4 Å². The minimum atomic E-state index is -7.31. The molecule has 0 aromatic heterocycles. The average molecular weight is 762 g/mol. The zero-order valence-electron chi connectivity index (χ0n) is 27.5. The Hall–Kier alpha value is -2.39. The number of hydrogen-bond acceptors (Lipinski definition) is 7. The molecule has 7 nitrogen and oxygen atoms in total. The van der Waals surface area contributed by atoms with Crippen LogP contribution in [0.4, 0.5) is 57.1 Å². The van der Waals surface area contributed by atoms with Crippen molar-refractivity contribution >= 4 is 0 Å². The third-order valence-corrected chi connectivity index (χ3v) is 9.24. The second kappa shape index (κ2) is 16.7. The minimum Gasteiger partial charge on any atom is -0.398 e. The molecule has 3 fully saturated rings. The Bertz CT molecular complexity index is 1270. The van der Waals surface area contributed by atoms with E-state index in [4.69, 9.17) is 0 Å². The van der Waals surface area contributed by atoms with E-state index >= 15 is 0 Å². The lowest BCUT2D eigenvalue weighted by molar-refractivity contribution is -0.518. The van der Waals surface area contributed by atoms with Gasteiger partial charge in [-0.1, -0.05) is 24.3 Å². The second-order valence-corrected chi connectivity index (χ2v) is 12.8. The van der Waals surface area contributed by atoms with Crippen molar-refractivity contribution in [2.45, 2.75) is 56.0 Å². The monoisotopic (exact) mass is 761 g/mol. The SMILES string of the molecule is FC(F)=C(F)OC(F)(F)C(F)(OC(F)(F)C(F)(F)c1ccc(CN2CCN3CCCN4CCCN(CC3)CCN(CCC4)CC2)cc1)C(F)(F)F. The van der Waals surface area contributed by atoms with E-state index in [1.807, 2.05) is 0 Å². The first-order chi connectivity index (χ1) is 23.7. The zero-order valence-corrected chi connectivity index (χ0v) is 27.5. The molecule has 51 heavy (non-hydrogen) atoms. The van der Waals surface area contributed by atoms with E-state index in [2.05, 4.69) is 34.0 Å². The number of halogens is 13. The van der Waals surface area contributed by atoms with Crippen LogP contribution >= 0.6 is 0 Å². The van der Waals surface area contributed by atoms with Gasteiger partial charge in [-0.25, -0.2) is 0 Å². The smallest absolute Gasteiger partial charge is 0.398 e. The van der Waals surface area contributed by atoms with E-state index in [-0.39, 0.29) is 6.54 Å². The van der Waals surface area contributed by atoms with E-state index in [1.165, 1.54) is 0 Å². The molecule has 3 aliphatic heterocycles. The molecular formula is C31H40F13N5O2. The van der Waals surface area contributed by atoms with Crippen LogP contribution in [-0.4, -0.2) is 140 Å². The Balaban J connectivity index is 1.51. The fourth-order valence-corrected chi connectivity index (χ4v) is 6.28. The van der Waals surface area contributed by atoms with E-state index in [0.717, 1.165) is 96.8 Å². The van der Waals surface area contributed by atoms with Crippen molar-refractivity contribution < 1.29 is 66.5 Å². The zero-order chi connectivity index (χ0) is 37.7. The van der Waals surface area contributed by atoms with Crippen LogP contribution in [0.2, 0.25) is 0 Å². The van der Waals surface area contributed by atoms with Gasteiger partial charge in [0.1, 0.15) is 0 Å². The van der Waals surface area contributed by atoms with E-state index in [9.17, 15) is 57.1 Å². The Morgan fingerprint density at radius 1 is 0.529 bits per heavy atom. The second-order valence-electron chi connectivity index (χ2n) is 12.8. The summed E-state index contributed by atoms with van der Waals surface area (Å²) in [4.78, 5) is 11.8. The molecule has 0 N–H and O–H groups in total. The summed E-state index contributed by atoms with van der Waals surface area (Å²) in [7, 11) is 0. The molecule has 0 saturated carbocycles. The van der Waals surface area contributed by atoms with Gasteiger partial charge in [-0.05, 0) is 64.1 Å². The molecule has 3 atom stereocenters. The molecule has 0 aliphatic carbocycles. The highest BCUT2D eigenvalue weighted by Gasteiger charge is 2.81. The first-order valence-corrected chi connectivity index (χ1v) is 16.4. The predicted molar refractivity (Wildman–Crippen MR) is 158 cm³/mol. The number of rotatable bonds is 9. The summed E-state index contributed by atoms with van der Waals surface area (Å²) in [6.07, 6.45) is -21.8. The van der Waals surface area contributed by atoms with Crippen LogP contribution in [-0.2, 0) is 21.9 Å². The largest absolute Gasteiger partial charge is 0.471 e. The van der Waals surface area contributed by atoms with Crippen molar-refractivity contribution in [3.8, 4) is 0 Å². The fourth-order valence-electron chi connectivity index (χ4n) is 6.28. The van der Waals surface area contributed by atoms with Gasteiger partial charge in [0.05, 0.1) is 0 Å². The minimum absolute atomic E-state index is 0.162. The lowest BCUT2D eigenvalue weighted by Gasteiger charge is -2.37. The van der Waals surface area contributed by atoms with Gasteiger partial charge < -0.3 is 24.3 Å². The first kappa shape index (κ1) is 41.4. The third-order valence-electron chi connectivity index (χ3n) is 9.24. The number of fused-ring (bicyclic) bond motifs is 7. The van der Waals surface area contributed by atoms with Gasteiger partial charge in [0.2, 0.25) is 0 Å². The summed E-state index contributed by atoms with van der Waals surface area (Å²) < 4.78 is 183. The van der Waals surface area contributed by atoms with Crippen LogP contribution in [0.3, 0.4) is 0 Å². The number of hydrogen-bond donors (Lipinski definition) is 0. The maximum absolute atomic E-state index is 14.9. The van der Waals surface area contributed by atoms with Gasteiger partial charge in [0.25, 0.3) is 0 Å². The first-order valence-electron chi connectivity index (χ1n) is 16.4. The van der Waals surface area contributed by atoms with Crippen LogP contribution in [0.5, 0.6) is 0 Å². The van der Waals surface area contributed by atoms with Gasteiger partial charge in [0.15, 0.2) is 0 Å². The maximum atomic E-state index is 14.9. The fraction of sp³-hybridized carbons (Fsp3) is 0.742. The number of benzene rings is 1. The molecule has 0 radical (unpaired) electrons. The summed E-state index contributed by atoms with van der Waals surface area (Å²) in [6.45, 7) is 11.9. The summed E-state index contributed by atoms with van der Waals surface area (Å²) in [6, 6.07) is -1.07. The van der Waals surface area contributed by atoms with Crippen LogP contribution < -0.4 is 0 Å². The molecule has 3 saturated heterocycles. The molecule has 3 unspecified atom stereocenters. The van der Waals surface area contributed by atoms with Gasteiger partial charge in [0, 0.05) is 64.5 Å². The highest BCUT2D eigenvalue weighted by Crippen LogP contribution is 2.54. The molecule has 4 rings (SSSR count). The van der Waals surface area contributed by atoms with Crippen LogP contribution in [0.15, 0.2) is 36.4 Å². The Kier molecular flexibility index (Phi) is 13.6. The summed E-state index contributed by atoms with van der Waals surface area (Å²) in [5.74, 6) is -13.1. The average Bonchev–Trinajstić information content (AvgIpc) is 3.10. The number of nitrogens with zero attached hydrogens (tertiary/aromatic N) is 5. The Morgan fingerprint density at radius 2 is 0.922 bits per heavy atom. The van der Waals surface area contributed by atoms with Gasteiger partial charge >= 0.3 is 42.3 Å². The van der Waals surface area contributed by atoms with Crippen molar-refractivity contribution in [2.24, 2.45) is 0 Å². The molecule has 0 spiro atoms. The van der Waals surface area contributed by atoms with Crippen LogP contribution in [0.25, 0.3) is 0 Å². The summed E-state index contributed by atoms with van der Waals surface area (Å²) in [5, 5.41) is 0. The Labute approximate surface area is 286 Å². The highest BCUT2D eigenvalue weighted by molar-refractivity contribution is 5.27. The Morgan fingerprint density at radius 3 is 1.31 bits per heavy atom. The van der Waals surface area contributed by atoms with Gasteiger partial charge in [-0.3, -0.25) is 9.64 Å². The maximum Gasteiger partial charge on any atom is 0.471 e. The predicted octanol–water partition coefficient (Wildman–Crippen LogP) is 6.48. The molecule has 4 bridgehead atoms. The molecule has 20 heteroatoms. The number of ether oxygens (including phenoxy) is 2. The van der Waals surface area contributed by atoms with Gasteiger partial charge in [-0.2, -0.15) is 57.1 Å². The standard InChI is InChI=1S/C31H40F13N5O2/c32-25(33)26(34)50-31(43,44)28(37,29(38,39)40)51-30(41,42)27(35,36)24-6-4-23(5-7-24)22-49-20-18-47-12-2-9-45-8-1-11-46(14-16-47)15-17-48(19-21-49)13-3-10-45/h4-7H,1-3,8-22H2. The number of alkyl halides is 10. The summed E-state index contributed by atoms with van der Waals surface area (Å²) in [5.41, 5.74) is -1.41. The van der Waals surface area contributed by atoms with E-state index in [0.29, 0.717) is 43.9 Å². The summed E-state index contributed by atoms with van der Waals surface area (Å²) >= 11 is 0. The molecule has 1 aromatic carbocycles. The van der Waals surface area contributed by atoms with Gasteiger partial charge in [-0.15, -0.1) is 0 Å². The van der Waals surface area contributed by atoms with E-state index in [1.54, 1.807) is 0 Å².